The molecule has 0 radical (unpaired) electrons. The van der Waals surface area contributed by atoms with E-state index >= 15 is 0 Å². The summed E-state index contributed by atoms with van der Waals surface area (Å²) in [5.74, 6) is 0.748. The van der Waals surface area contributed by atoms with Gasteiger partial charge in [-0.15, -0.1) is 0 Å². The van der Waals surface area contributed by atoms with Crippen molar-refractivity contribution in [2.75, 3.05) is 26.3 Å². The number of halogens is 1. The average Bonchev–Trinajstić information content (AvgIpc) is 2.90. The number of hydrogen-bond acceptors (Lipinski definition) is 5. The van der Waals surface area contributed by atoms with Crippen LogP contribution in [0.5, 0.6) is 5.75 Å². The van der Waals surface area contributed by atoms with Crippen molar-refractivity contribution < 1.29 is 14.9 Å². The van der Waals surface area contributed by atoms with E-state index < -0.39 is 6.10 Å². The summed E-state index contributed by atoms with van der Waals surface area (Å²) in [5.41, 5.74) is 2.61. The van der Waals surface area contributed by atoms with Gasteiger partial charge < -0.3 is 14.9 Å². The molecule has 25 heavy (non-hydrogen) atoms. The van der Waals surface area contributed by atoms with Gasteiger partial charge in [-0.25, -0.2) is 0 Å². The highest BCUT2D eigenvalue weighted by atomic mass is 35.5. The molecule has 0 saturated heterocycles. The minimum absolute atomic E-state index is 0.314. The molecule has 0 unspecified atom stereocenters. The van der Waals surface area contributed by atoms with Crippen molar-refractivity contribution in [1.82, 2.24) is 14.7 Å². The van der Waals surface area contributed by atoms with E-state index in [9.17, 15) is 5.11 Å². The van der Waals surface area contributed by atoms with Gasteiger partial charge >= 0.3 is 0 Å². The van der Waals surface area contributed by atoms with Gasteiger partial charge in [-0.05, 0) is 31.0 Å². The lowest BCUT2D eigenvalue weighted by molar-refractivity contribution is 0.0916. The van der Waals surface area contributed by atoms with E-state index in [0.29, 0.717) is 17.3 Å². The first-order chi connectivity index (χ1) is 12.1. The summed E-state index contributed by atoms with van der Waals surface area (Å²) >= 11 is 6.20. The Balaban J connectivity index is 1.59. The van der Waals surface area contributed by atoms with Crippen molar-refractivity contribution in [2.45, 2.75) is 32.5 Å². The number of para-hydroxylation sites is 1. The van der Waals surface area contributed by atoms with Crippen LogP contribution in [0.1, 0.15) is 29.5 Å². The molecule has 6 nitrogen and oxygen atoms in total. The predicted octanol–water partition coefficient (Wildman–Crippen LogP) is 2.16. The van der Waals surface area contributed by atoms with E-state index in [-0.39, 0.29) is 6.61 Å². The number of nitrogens with zero attached hydrogens (tertiary/aromatic N) is 3. The van der Waals surface area contributed by atoms with Crippen LogP contribution >= 0.6 is 11.6 Å². The molecule has 0 aliphatic carbocycles. The lowest BCUT2D eigenvalue weighted by Crippen LogP contribution is -2.28. The van der Waals surface area contributed by atoms with Gasteiger partial charge in [-0.2, -0.15) is 5.10 Å². The summed E-state index contributed by atoms with van der Waals surface area (Å²) in [6, 6.07) is 7.61. The van der Waals surface area contributed by atoms with Crippen LogP contribution in [0.25, 0.3) is 0 Å². The van der Waals surface area contributed by atoms with Gasteiger partial charge in [0.2, 0.25) is 0 Å². The lowest BCUT2D eigenvalue weighted by Gasteiger charge is -2.20. The molecule has 0 saturated carbocycles. The molecule has 136 valence electrons. The first-order valence-corrected chi connectivity index (χ1v) is 8.92. The molecule has 3 rings (SSSR count). The van der Waals surface area contributed by atoms with Crippen molar-refractivity contribution in [3.8, 4) is 5.75 Å². The van der Waals surface area contributed by atoms with E-state index in [1.807, 2.05) is 35.9 Å². The zero-order valence-electron chi connectivity index (χ0n) is 14.4. The monoisotopic (exact) mass is 365 g/mol. The first kappa shape index (κ1) is 18.2. The third-order valence-electron chi connectivity index (χ3n) is 4.44. The highest BCUT2D eigenvalue weighted by Gasteiger charge is 2.19. The molecule has 1 aromatic carbocycles. The summed E-state index contributed by atoms with van der Waals surface area (Å²) in [6.45, 7) is 5.54. The van der Waals surface area contributed by atoms with Crippen molar-refractivity contribution in [3.63, 3.8) is 0 Å². The van der Waals surface area contributed by atoms with Crippen LogP contribution < -0.4 is 4.74 Å². The minimum atomic E-state index is -0.917. The van der Waals surface area contributed by atoms with Gasteiger partial charge in [0.15, 0.2) is 0 Å². The maximum atomic E-state index is 9.76. The molecule has 1 aromatic heterocycles. The first-order valence-electron chi connectivity index (χ1n) is 8.54. The maximum absolute atomic E-state index is 9.76. The van der Waals surface area contributed by atoms with Crippen LogP contribution in [0.3, 0.4) is 0 Å². The number of aromatic nitrogens is 2. The van der Waals surface area contributed by atoms with Crippen LogP contribution in [0, 0.1) is 6.92 Å². The van der Waals surface area contributed by atoms with E-state index in [1.54, 1.807) is 0 Å². The minimum Gasteiger partial charge on any atom is -0.490 e. The summed E-state index contributed by atoms with van der Waals surface area (Å²) < 4.78 is 7.81. The number of aryl methyl sites for hydroxylation is 2. The zero-order chi connectivity index (χ0) is 17.8. The summed E-state index contributed by atoms with van der Waals surface area (Å²) in [5, 5.41) is 23.9. The standard InChI is InChI=1S/C18H24ClN3O3/c1-13-4-2-5-15(19)18(13)25-9-8-21-6-3-7-22-14(11-21)10-16(20-22)17(24)12-23/h2,4-5,10,17,23-24H,3,6-9,11-12H2,1H3/t17-/m0/s1. The molecule has 1 aliphatic heterocycles. The van der Waals surface area contributed by atoms with E-state index in [2.05, 4.69) is 10.00 Å². The molecule has 2 heterocycles. The summed E-state index contributed by atoms with van der Waals surface area (Å²) in [6.07, 6.45) is 0.0634. The van der Waals surface area contributed by atoms with E-state index in [4.69, 9.17) is 21.4 Å². The molecule has 2 N–H and O–H groups in total. The number of aliphatic hydroxyl groups excluding tert-OH is 2. The molecular formula is C18H24ClN3O3. The van der Waals surface area contributed by atoms with Gasteiger partial charge in [0, 0.05) is 26.2 Å². The van der Waals surface area contributed by atoms with Crippen LogP contribution in [-0.2, 0) is 13.1 Å². The molecule has 2 aromatic rings. The van der Waals surface area contributed by atoms with Gasteiger partial charge in [0.25, 0.3) is 0 Å². The molecule has 0 amide bonds. The number of aliphatic hydroxyl groups is 2. The third-order valence-corrected chi connectivity index (χ3v) is 4.74. The molecule has 0 fully saturated rings. The fourth-order valence-corrected chi connectivity index (χ4v) is 3.35. The predicted molar refractivity (Wildman–Crippen MR) is 95.9 cm³/mol. The molecule has 7 heteroatoms. The normalized spacial score (nSPS) is 16.3. The van der Waals surface area contributed by atoms with Gasteiger partial charge in [-0.3, -0.25) is 9.58 Å². The lowest BCUT2D eigenvalue weighted by atomic mass is 10.2. The zero-order valence-corrected chi connectivity index (χ0v) is 15.1. The number of ether oxygens (including phenoxy) is 1. The Morgan fingerprint density at radius 1 is 1.36 bits per heavy atom. The Kier molecular flexibility index (Phi) is 5.96. The maximum Gasteiger partial charge on any atom is 0.140 e. The number of benzene rings is 1. The Hall–Kier alpha value is -1.60. The Bertz CT molecular complexity index is 699. The van der Waals surface area contributed by atoms with Crippen molar-refractivity contribution in [2.24, 2.45) is 0 Å². The molecule has 1 atom stereocenters. The second-order valence-electron chi connectivity index (χ2n) is 6.35. The van der Waals surface area contributed by atoms with Crippen LogP contribution in [0.2, 0.25) is 5.02 Å². The van der Waals surface area contributed by atoms with Crippen LogP contribution in [0.4, 0.5) is 0 Å². The van der Waals surface area contributed by atoms with E-state index in [0.717, 1.165) is 49.6 Å². The Morgan fingerprint density at radius 2 is 2.20 bits per heavy atom. The average molecular weight is 366 g/mol. The second kappa shape index (κ2) is 8.19. The van der Waals surface area contributed by atoms with E-state index in [1.165, 1.54) is 0 Å². The van der Waals surface area contributed by atoms with Gasteiger partial charge in [0.1, 0.15) is 18.5 Å². The fourth-order valence-electron chi connectivity index (χ4n) is 3.07. The van der Waals surface area contributed by atoms with Crippen molar-refractivity contribution in [3.05, 3.63) is 46.2 Å². The van der Waals surface area contributed by atoms with Gasteiger partial charge in [-0.1, -0.05) is 23.7 Å². The molecule has 0 bridgehead atoms. The highest BCUT2D eigenvalue weighted by molar-refractivity contribution is 6.32. The number of hydrogen-bond donors (Lipinski definition) is 2. The smallest absolute Gasteiger partial charge is 0.140 e. The van der Waals surface area contributed by atoms with Crippen molar-refractivity contribution in [1.29, 1.82) is 0 Å². The SMILES string of the molecule is Cc1cccc(Cl)c1OCCN1CCCn2nc([C@@H](O)CO)cc2C1. The second-order valence-corrected chi connectivity index (χ2v) is 6.75. The molecule has 1 aliphatic rings. The number of fused-ring (bicyclic) bond motifs is 1. The van der Waals surface area contributed by atoms with Crippen molar-refractivity contribution >= 4 is 11.6 Å². The summed E-state index contributed by atoms with van der Waals surface area (Å²) in [4.78, 5) is 2.31. The largest absolute Gasteiger partial charge is 0.490 e. The molecular weight excluding hydrogens is 342 g/mol. The fraction of sp³-hybridized carbons (Fsp3) is 0.500. The molecule has 0 spiro atoms. The van der Waals surface area contributed by atoms with Crippen LogP contribution in [-0.4, -0.2) is 51.2 Å². The van der Waals surface area contributed by atoms with Gasteiger partial charge in [0.05, 0.1) is 23.0 Å². The summed E-state index contributed by atoms with van der Waals surface area (Å²) in [7, 11) is 0. The highest BCUT2D eigenvalue weighted by Crippen LogP contribution is 2.27. The number of rotatable bonds is 6. The van der Waals surface area contributed by atoms with Crippen LogP contribution in [0.15, 0.2) is 24.3 Å². The quantitative estimate of drug-likeness (QED) is 0.820. The third kappa shape index (κ3) is 4.33. The Labute approximate surface area is 152 Å². The Morgan fingerprint density at radius 3 is 2.96 bits per heavy atom. The topological polar surface area (TPSA) is 70.8 Å².